The Morgan fingerprint density at radius 1 is 1.41 bits per heavy atom. The molecular weight excluding hydrogens is 282 g/mol. The minimum absolute atomic E-state index is 0.254. The van der Waals surface area contributed by atoms with E-state index in [1.54, 1.807) is 7.11 Å². The second-order valence-corrected chi connectivity index (χ2v) is 5.11. The Morgan fingerprint density at radius 3 is 2.53 bits per heavy atom. The molecule has 0 radical (unpaired) electrons. The lowest BCUT2D eigenvalue weighted by Gasteiger charge is -2.39. The molecule has 5 heteroatoms. The maximum Gasteiger partial charge on any atom is 0.162 e. The molecule has 0 bridgehead atoms. The van der Waals surface area contributed by atoms with Gasteiger partial charge in [0, 0.05) is 14.2 Å². The first-order chi connectivity index (χ1) is 8.16. The molecule has 0 saturated heterocycles. The summed E-state index contributed by atoms with van der Waals surface area (Å²) in [5, 5.41) is 3.10. The van der Waals surface area contributed by atoms with Gasteiger partial charge < -0.3 is 10.1 Å². The normalized spacial score (nSPS) is 17.6. The molecule has 94 valence electrons. The molecule has 1 saturated carbocycles. The Kier molecular flexibility index (Phi) is 3.68. The maximum atomic E-state index is 5.63. The van der Waals surface area contributed by atoms with Crippen LogP contribution in [-0.2, 0) is 16.8 Å². The lowest BCUT2D eigenvalue weighted by Crippen LogP contribution is -2.38. The highest BCUT2D eigenvalue weighted by Crippen LogP contribution is 2.43. The molecule has 0 spiro atoms. The lowest BCUT2D eigenvalue weighted by atomic mass is 9.79. The summed E-state index contributed by atoms with van der Waals surface area (Å²) < 4.78 is 6.59. The van der Waals surface area contributed by atoms with Crippen LogP contribution in [0.25, 0.3) is 0 Å². The first-order valence-corrected chi connectivity index (χ1v) is 6.76. The van der Waals surface area contributed by atoms with E-state index in [2.05, 4.69) is 38.1 Å². The highest BCUT2D eigenvalue weighted by molar-refractivity contribution is 9.10. The molecule has 1 heterocycles. The van der Waals surface area contributed by atoms with Gasteiger partial charge in [-0.1, -0.05) is 6.92 Å². The SMILES string of the molecule is CCc1nc(C2(OC)CCC2)nc(NC)c1Br. The predicted octanol–water partition coefficient (Wildman–Crippen LogP) is 2.87. The Labute approximate surface area is 110 Å². The fourth-order valence-electron chi connectivity index (χ4n) is 2.11. The van der Waals surface area contributed by atoms with Gasteiger partial charge in [-0.3, -0.25) is 0 Å². The number of methoxy groups -OCH3 is 1. The van der Waals surface area contributed by atoms with Gasteiger partial charge in [-0.05, 0) is 41.6 Å². The predicted molar refractivity (Wildman–Crippen MR) is 71.2 cm³/mol. The van der Waals surface area contributed by atoms with Gasteiger partial charge in [0.2, 0.25) is 0 Å². The number of nitrogens with zero attached hydrogens (tertiary/aromatic N) is 2. The van der Waals surface area contributed by atoms with E-state index in [-0.39, 0.29) is 5.60 Å². The number of halogens is 1. The summed E-state index contributed by atoms with van der Waals surface area (Å²) in [6.45, 7) is 2.09. The molecule has 1 aliphatic carbocycles. The number of aryl methyl sites for hydroxylation is 1. The average Bonchev–Trinajstić information content (AvgIpc) is 2.30. The molecule has 0 unspecified atom stereocenters. The summed E-state index contributed by atoms with van der Waals surface area (Å²) in [7, 11) is 3.62. The highest BCUT2D eigenvalue weighted by Gasteiger charge is 2.42. The number of aromatic nitrogens is 2. The number of anilines is 1. The molecule has 0 aromatic carbocycles. The summed E-state index contributed by atoms with van der Waals surface area (Å²) in [5.41, 5.74) is 0.777. The van der Waals surface area contributed by atoms with E-state index in [9.17, 15) is 0 Å². The van der Waals surface area contributed by atoms with Crippen molar-refractivity contribution in [1.29, 1.82) is 0 Å². The zero-order valence-electron chi connectivity index (χ0n) is 10.5. The second-order valence-electron chi connectivity index (χ2n) is 4.31. The number of rotatable bonds is 4. The van der Waals surface area contributed by atoms with Crippen LogP contribution in [0.15, 0.2) is 4.47 Å². The van der Waals surface area contributed by atoms with Gasteiger partial charge >= 0.3 is 0 Å². The molecule has 1 aliphatic rings. The summed E-state index contributed by atoms with van der Waals surface area (Å²) in [4.78, 5) is 9.21. The largest absolute Gasteiger partial charge is 0.372 e. The molecule has 1 fully saturated rings. The Bertz CT molecular complexity index is 388. The van der Waals surface area contributed by atoms with E-state index in [1.807, 2.05) is 7.05 Å². The third-order valence-corrected chi connectivity index (χ3v) is 4.28. The molecule has 1 aromatic rings. The van der Waals surface area contributed by atoms with E-state index in [0.29, 0.717) is 0 Å². The van der Waals surface area contributed by atoms with Crippen molar-refractivity contribution in [2.75, 3.05) is 19.5 Å². The summed E-state index contributed by atoms with van der Waals surface area (Å²) in [6, 6.07) is 0. The van der Waals surface area contributed by atoms with E-state index >= 15 is 0 Å². The molecule has 0 atom stereocenters. The average molecular weight is 300 g/mol. The van der Waals surface area contributed by atoms with Crippen LogP contribution >= 0.6 is 15.9 Å². The number of ether oxygens (including phenoxy) is 1. The van der Waals surface area contributed by atoms with Crippen molar-refractivity contribution in [1.82, 2.24) is 9.97 Å². The molecule has 17 heavy (non-hydrogen) atoms. The van der Waals surface area contributed by atoms with Crippen LogP contribution in [-0.4, -0.2) is 24.1 Å². The van der Waals surface area contributed by atoms with Gasteiger partial charge in [0.05, 0.1) is 10.2 Å². The van der Waals surface area contributed by atoms with Crippen LogP contribution in [0.1, 0.15) is 37.7 Å². The van der Waals surface area contributed by atoms with Gasteiger partial charge in [-0.15, -0.1) is 0 Å². The zero-order valence-corrected chi connectivity index (χ0v) is 12.1. The van der Waals surface area contributed by atoms with Gasteiger partial charge in [0.1, 0.15) is 11.4 Å². The summed E-state index contributed by atoms with van der Waals surface area (Å²) in [5.74, 6) is 1.66. The molecule has 0 amide bonds. The van der Waals surface area contributed by atoms with Crippen molar-refractivity contribution >= 4 is 21.7 Å². The van der Waals surface area contributed by atoms with Crippen LogP contribution in [0, 0.1) is 0 Å². The van der Waals surface area contributed by atoms with Gasteiger partial charge in [0.15, 0.2) is 5.82 Å². The number of hydrogen-bond donors (Lipinski definition) is 1. The van der Waals surface area contributed by atoms with Crippen LogP contribution in [0.5, 0.6) is 0 Å². The van der Waals surface area contributed by atoms with Crippen molar-refractivity contribution in [3.63, 3.8) is 0 Å². The van der Waals surface area contributed by atoms with Crippen LogP contribution in [0.4, 0.5) is 5.82 Å². The number of nitrogens with one attached hydrogen (secondary N) is 1. The Morgan fingerprint density at radius 2 is 2.12 bits per heavy atom. The minimum atomic E-state index is -0.254. The lowest BCUT2D eigenvalue weighted by molar-refractivity contribution is -0.0847. The Hall–Kier alpha value is -0.680. The fraction of sp³-hybridized carbons (Fsp3) is 0.667. The highest BCUT2D eigenvalue weighted by atomic mass is 79.9. The standard InChI is InChI=1S/C12H18BrN3O/c1-4-8-9(13)10(14-2)16-11(15-8)12(17-3)6-5-7-12/h4-7H2,1-3H3,(H,14,15,16). The van der Waals surface area contributed by atoms with Crippen LogP contribution in [0.2, 0.25) is 0 Å². The fourth-order valence-corrected chi connectivity index (χ4v) is 2.77. The zero-order chi connectivity index (χ0) is 12.5. The van der Waals surface area contributed by atoms with Crippen LogP contribution < -0.4 is 5.32 Å². The Balaban J connectivity index is 2.47. The van der Waals surface area contributed by atoms with E-state index in [0.717, 1.165) is 41.1 Å². The monoisotopic (exact) mass is 299 g/mol. The maximum absolute atomic E-state index is 5.63. The second kappa shape index (κ2) is 4.90. The van der Waals surface area contributed by atoms with Crippen LogP contribution in [0.3, 0.4) is 0 Å². The number of hydrogen-bond acceptors (Lipinski definition) is 4. The smallest absolute Gasteiger partial charge is 0.162 e. The molecule has 0 aliphatic heterocycles. The minimum Gasteiger partial charge on any atom is -0.372 e. The van der Waals surface area contributed by atoms with Crippen molar-refractivity contribution in [3.05, 3.63) is 16.0 Å². The van der Waals surface area contributed by atoms with Gasteiger partial charge in [-0.25, -0.2) is 9.97 Å². The van der Waals surface area contributed by atoms with E-state index in [1.165, 1.54) is 6.42 Å². The molecule has 2 rings (SSSR count). The first kappa shape index (κ1) is 12.8. The van der Waals surface area contributed by atoms with Crippen molar-refractivity contribution in [3.8, 4) is 0 Å². The van der Waals surface area contributed by atoms with Crippen molar-refractivity contribution in [2.45, 2.75) is 38.2 Å². The first-order valence-electron chi connectivity index (χ1n) is 5.96. The topological polar surface area (TPSA) is 47.0 Å². The molecule has 4 nitrogen and oxygen atoms in total. The van der Waals surface area contributed by atoms with Crippen molar-refractivity contribution < 1.29 is 4.74 Å². The third-order valence-electron chi connectivity index (χ3n) is 3.45. The molecular formula is C12H18BrN3O. The quantitative estimate of drug-likeness (QED) is 0.929. The van der Waals surface area contributed by atoms with E-state index in [4.69, 9.17) is 4.74 Å². The van der Waals surface area contributed by atoms with Gasteiger partial charge in [0.25, 0.3) is 0 Å². The molecule has 1 aromatic heterocycles. The van der Waals surface area contributed by atoms with Gasteiger partial charge in [-0.2, -0.15) is 0 Å². The third kappa shape index (κ3) is 2.06. The molecule has 1 N–H and O–H groups in total. The van der Waals surface area contributed by atoms with E-state index < -0.39 is 0 Å². The summed E-state index contributed by atoms with van der Waals surface area (Å²) >= 11 is 3.54. The van der Waals surface area contributed by atoms with Crippen molar-refractivity contribution in [2.24, 2.45) is 0 Å². The summed E-state index contributed by atoms with van der Waals surface area (Å²) in [6.07, 6.45) is 4.09.